The maximum Gasteiger partial charge on any atom is 0.0629 e. The molecule has 9 aromatic carbocycles. The van der Waals surface area contributed by atoms with Crippen LogP contribution < -0.4 is 4.90 Å². The lowest BCUT2D eigenvalue weighted by atomic mass is 9.93. The number of hydrogen-bond donors (Lipinski definition) is 0. The van der Waals surface area contributed by atoms with E-state index in [1.165, 1.54) is 102 Å². The van der Waals surface area contributed by atoms with Crippen molar-refractivity contribution in [3.05, 3.63) is 300 Å². The Bertz CT molecular complexity index is 4040. The van der Waals surface area contributed by atoms with Crippen molar-refractivity contribution in [2.45, 2.75) is 61.3 Å². The third-order valence-electron chi connectivity index (χ3n) is 14.2. The van der Waals surface area contributed by atoms with Gasteiger partial charge in [0, 0.05) is 75.1 Å². The lowest BCUT2D eigenvalue weighted by Crippen LogP contribution is -2.15. The van der Waals surface area contributed by atoms with E-state index in [1.54, 1.807) is 0 Å². The third kappa shape index (κ3) is 12.9. The summed E-state index contributed by atoms with van der Waals surface area (Å²) in [7, 11) is 0. The van der Waals surface area contributed by atoms with Gasteiger partial charge in [-0.15, -0.1) is 22.7 Å². The summed E-state index contributed by atoms with van der Waals surface area (Å²) >= 11 is 3.69. The molecule has 3 heterocycles. The number of benzene rings is 9. The first-order valence-electron chi connectivity index (χ1n) is 26.7. The quantitative estimate of drug-likeness (QED) is 0.145. The highest BCUT2D eigenvalue weighted by molar-refractivity contribution is 7.26. The Balaban J connectivity index is 0.000000129. The van der Waals surface area contributed by atoms with Gasteiger partial charge in [-0.25, -0.2) is 0 Å². The highest BCUT2D eigenvalue weighted by Gasteiger charge is 2.16. The first kappa shape index (κ1) is 54.4. The van der Waals surface area contributed by atoms with Gasteiger partial charge in [-0.1, -0.05) is 195 Å². The van der Waals surface area contributed by atoms with Gasteiger partial charge in [-0.2, -0.15) is 0 Å². The first-order valence-corrected chi connectivity index (χ1v) is 28.3. The molecule has 1 aliphatic rings. The average Bonchev–Trinajstić information content (AvgIpc) is 4.14. The van der Waals surface area contributed by atoms with Gasteiger partial charge >= 0.3 is 0 Å². The fourth-order valence-corrected chi connectivity index (χ4v) is 12.2. The normalized spacial score (nSPS) is 12.9. The molecule has 2 nitrogen and oxygen atoms in total. The van der Waals surface area contributed by atoms with Crippen molar-refractivity contribution in [1.82, 2.24) is 0 Å². The van der Waals surface area contributed by atoms with E-state index in [4.69, 9.17) is 4.99 Å². The molecule has 0 spiro atoms. The number of hydrogen-bond acceptors (Lipinski definition) is 4. The van der Waals surface area contributed by atoms with Crippen molar-refractivity contribution < 1.29 is 0 Å². The molecule has 0 radical (unpaired) electrons. The fourth-order valence-electron chi connectivity index (χ4n) is 9.98. The molecule has 386 valence electrons. The number of fused-ring (bicyclic) bond motifs is 7. The van der Waals surface area contributed by atoms with Crippen LogP contribution in [-0.2, 0) is 12.8 Å². The molecule has 4 heteroatoms. The molecule has 0 amide bonds. The molecule has 0 unspecified atom stereocenters. The summed E-state index contributed by atoms with van der Waals surface area (Å²) in [5, 5.41) is 5.30. The zero-order valence-electron chi connectivity index (χ0n) is 46.1. The Morgan fingerprint density at radius 1 is 0.513 bits per heavy atom. The second-order valence-corrected chi connectivity index (χ2v) is 22.3. The Kier molecular flexibility index (Phi) is 17.5. The second kappa shape index (κ2) is 25.2. The lowest BCUT2D eigenvalue weighted by molar-refractivity contribution is 1.16. The highest BCUT2D eigenvalue weighted by atomic mass is 32.1. The molecule has 0 saturated heterocycles. The molecule has 0 bridgehead atoms. The summed E-state index contributed by atoms with van der Waals surface area (Å²) in [6.45, 7) is 27.4. The van der Waals surface area contributed by atoms with Crippen LogP contribution in [0.1, 0.15) is 63.9 Å². The van der Waals surface area contributed by atoms with Crippen molar-refractivity contribution in [3.8, 4) is 11.1 Å². The molecule has 0 fully saturated rings. The first-order chi connectivity index (χ1) is 37.8. The standard InChI is InChI=1S/C24H21NS.C20H19N.C15H12S.C15H16/c1-16-8-4-5-9-19(16)14-17(2)25-18(3)20-12-13-24-22(15-20)21-10-6-7-11-23(21)26-24;1-16-12-14-19(15-13-16)21-17(2)8-4-3-5-9-18-10-6-7-11-20(18)21;1-10(2)11-7-8-15-13(9-11)12-5-3-4-6-14(12)16-15;1-11-7-4-5-10-14(11)15-12(2)8-6-9-13(15)3/h4-13,15H,3,14H2,1-2H3;3-8,10-15H,2,9H2,1H3;3-9H,1H2,2H3;4-10H,1-3H3/b;5-3-,8-4-;;. The Hall–Kier alpha value is -8.41. The maximum absolute atomic E-state index is 4.78. The van der Waals surface area contributed by atoms with E-state index in [1.807, 2.05) is 22.7 Å². The van der Waals surface area contributed by atoms with E-state index in [-0.39, 0.29) is 0 Å². The highest BCUT2D eigenvalue weighted by Crippen LogP contribution is 2.38. The van der Waals surface area contributed by atoms with E-state index in [0.717, 1.165) is 46.8 Å². The molecule has 2 aromatic heterocycles. The van der Waals surface area contributed by atoms with Crippen LogP contribution in [0.5, 0.6) is 0 Å². The summed E-state index contributed by atoms with van der Waals surface area (Å²) in [6, 6.07) is 70.9. The zero-order valence-corrected chi connectivity index (χ0v) is 47.7. The summed E-state index contributed by atoms with van der Waals surface area (Å²) in [5.74, 6) is 0. The number of aliphatic imine (C=N–C) groups is 1. The van der Waals surface area contributed by atoms with Crippen LogP contribution in [0.3, 0.4) is 0 Å². The van der Waals surface area contributed by atoms with Gasteiger partial charge in [0.1, 0.15) is 0 Å². The Morgan fingerprint density at radius 2 is 1.05 bits per heavy atom. The molecule has 0 N–H and O–H groups in total. The summed E-state index contributed by atoms with van der Waals surface area (Å²) < 4.78 is 5.34. The van der Waals surface area contributed by atoms with E-state index in [2.05, 4.69) is 298 Å². The molecule has 78 heavy (non-hydrogen) atoms. The molecule has 0 aliphatic carbocycles. The van der Waals surface area contributed by atoms with Gasteiger partial charge in [0.05, 0.1) is 5.70 Å². The van der Waals surface area contributed by atoms with E-state index in [9.17, 15) is 0 Å². The predicted molar refractivity (Wildman–Crippen MR) is 347 cm³/mol. The predicted octanol–water partition coefficient (Wildman–Crippen LogP) is 21.7. The second-order valence-electron chi connectivity index (χ2n) is 20.2. The monoisotopic (exact) mass is 1050 g/mol. The number of rotatable bonds is 7. The topological polar surface area (TPSA) is 15.6 Å². The van der Waals surface area contributed by atoms with Crippen LogP contribution in [-0.4, -0.2) is 5.71 Å². The number of para-hydroxylation sites is 1. The Labute approximate surface area is 470 Å². The average molecular weight is 1050 g/mol. The maximum atomic E-state index is 4.78. The van der Waals surface area contributed by atoms with Crippen molar-refractivity contribution in [2.24, 2.45) is 4.99 Å². The van der Waals surface area contributed by atoms with Crippen molar-refractivity contribution in [2.75, 3.05) is 4.90 Å². The number of thiophene rings is 2. The molecule has 0 saturated carbocycles. The van der Waals surface area contributed by atoms with Crippen LogP contribution in [0.2, 0.25) is 0 Å². The van der Waals surface area contributed by atoms with Crippen molar-refractivity contribution >= 4 is 91.4 Å². The minimum atomic E-state index is 0.827. The van der Waals surface area contributed by atoms with Gasteiger partial charge in [0.25, 0.3) is 0 Å². The molecule has 12 rings (SSSR count). The van der Waals surface area contributed by atoms with Gasteiger partial charge in [0.15, 0.2) is 0 Å². The van der Waals surface area contributed by atoms with E-state index >= 15 is 0 Å². The van der Waals surface area contributed by atoms with Crippen molar-refractivity contribution in [1.29, 1.82) is 0 Å². The number of nitrogens with zero attached hydrogens (tertiary/aromatic N) is 2. The number of aryl methyl sites for hydroxylation is 5. The minimum Gasteiger partial charge on any atom is -0.311 e. The molecule has 1 aliphatic heterocycles. The minimum absolute atomic E-state index is 0.827. The summed E-state index contributed by atoms with van der Waals surface area (Å²) in [5.41, 5.74) is 20.6. The SMILES string of the molecule is C=C(C)c1ccc2sc3ccccc3c2c1.C=C(N=C(C)Cc1ccccc1C)c1ccc2sc3ccccc3c2c1.C=C1/C=C\C=C/Cc2ccccc2N1c1ccc(C)cc1.Cc1ccccc1-c1c(C)cccc1C. The van der Waals surface area contributed by atoms with E-state index < -0.39 is 0 Å². The molecule has 11 aromatic rings. The Morgan fingerprint density at radius 3 is 1.69 bits per heavy atom. The molecular formula is C74H68N2S2. The van der Waals surface area contributed by atoms with Crippen LogP contribution in [0.15, 0.2) is 255 Å². The number of allylic oxidation sites excluding steroid dienone is 5. The largest absolute Gasteiger partial charge is 0.311 e. The smallest absolute Gasteiger partial charge is 0.0629 e. The van der Waals surface area contributed by atoms with E-state index in [0.29, 0.717) is 0 Å². The van der Waals surface area contributed by atoms with Gasteiger partial charge in [-0.3, -0.25) is 4.99 Å². The van der Waals surface area contributed by atoms with Crippen LogP contribution in [0.25, 0.3) is 62.7 Å². The summed E-state index contributed by atoms with van der Waals surface area (Å²) in [6.07, 6.45) is 10.2. The summed E-state index contributed by atoms with van der Waals surface area (Å²) in [4.78, 5) is 7.00. The van der Waals surface area contributed by atoms with Crippen LogP contribution in [0.4, 0.5) is 11.4 Å². The van der Waals surface area contributed by atoms with Gasteiger partial charge in [0.2, 0.25) is 0 Å². The molecular weight excluding hydrogens is 981 g/mol. The third-order valence-corrected chi connectivity index (χ3v) is 16.5. The van der Waals surface area contributed by atoms with Crippen LogP contribution >= 0.6 is 22.7 Å². The lowest BCUT2D eigenvalue weighted by Gasteiger charge is -2.27. The number of anilines is 2. The van der Waals surface area contributed by atoms with Crippen molar-refractivity contribution in [3.63, 3.8) is 0 Å². The molecule has 0 atom stereocenters. The van der Waals surface area contributed by atoms with Gasteiger partial charge in [-0.05, 0) is 166 Å². The fraction of sp³-hybridized carbons (Fsp3) is 0.122. The zero-order chi connectivity index (χ0) is 54.7. The van der Waals surface area contributed by atoms with Gasteiger partial charge < -0.3 is 4.90 Å². The van der Waals surface area contributed by atoms with Crippen LogP contribution in [0, 0.1) is 34.6 Å².